The number of aliphatic hydroxyl groups excluding tert-OH is 1. The molecule has 1 aromatic carbocycles. The van der Waals surface area contributed by atoms with Crippen molar-refractivity contribution in [1.29, 1.82) is 0 Å². The summed E-state index contributed by atoms with van der Waals surface area (Å²) >= 11 is 5.75. The molecule has 0 bridgehead atoms. The Morgan fingerprint density at radius 1 is 1.64 bits per heavy atom. The second kappa shape index (κ2) is 4.36. The van der Waals surface area contributed by atoms with Gasteiger partial charge in [0.1, 0.15) is 0 Å². The van der Waals surface area contributed by atoms with Gasteiger partial charge < -0.3 is 10.8 Å². The highest BCUT2D eigenvalue weighted by atomic mass is 35.5. The van der Waals surface area contributed by atoms with Crippen molar-refractivity contribution >= 4 is 17.3 Å². The number of halogens is 1. The lowest BCUT2D eigenvalue weighted by atomic mass is 10.1. The van der Waals surface area contributed by atoms with Crippen molar-refractivity contribution in [3.05, 3.63) is 38.9 Å². The average Bonchev–Trinajstić information content (AvgIpc) is 2.16. The van der Waals surface area contributed by atoms with E-state index in [1.165, 1.54) is 18.2 Å². The molecule has 0 saturated carbocycles. The van der Waals surface area contributed by atoms with Crippen LogP contribution in [0.1, 0.15) is 11.6 Å². The number of hydrogen-bond donors (Lipinski definition) is 2. The van der Waals surface area contributed by atoms with Gasteiger partial charge >= 0.3 is 0 Å². The van der Waals surface area contributed by atoms with Crippen LogP contribution in [0.5, 0.6) is 0 Å². The summed E-state index contributed by atoms with van der Waals surface area (Å²) in [5.74, 6) is 0. The Morgan fingerprint density at radius 3 is 2.79 bits per heavy atom. The Labute approximate surface area is 85.3 Å². The molecular weight excluding hydrogens is 208 g/mol. The molecule has 14 heavy (non-hydrogen) atoms. The fraction of sp³-hybridized carbons (Fsp3) is 0.250. The molecule has 0 heterocycles. The van der Waals surface area contributed by atoms with Crippen molar-refractivity contribution in [2.75, 3.05) is 6.61 Å². The van der Waals surface area contributed by atoms with E-state index < -0.39 is 11.0 Å². The highest BCUT2D eigenvalue weighted by molar-refractivity contribution is 6.31. The molecule has 0 amide bonds. The summed E-state index contributed by atoms with van der Waals surface area (Å²) in [5, 5.41) is 19.6. The van der Waals surface area contributed by atoms with Gasteiger partial charge in [-0.05, 0) is 6.07 Å². The summed E-state index contributed by atoms with van der Waals surface area (Å²) in [5.41, 5.74) is 5.50. The molecule has 0 radical (unpaired) electrons. The fourth-order valence-electron chi connectivity index (χ4n) is 1.14. The van der Waals surface area contributed by atoms with Crippen LogP contribution < -0.4 is 5.73 Å². The third-order valence-corrected chi connectivity index (χ3v) is 2.12. The number of rotatable bonds is 3. The third-order valence-electron chi connectivity index (χ3n) is 1.79. The van der Waals surface area contributed by atoms with Crippen LogP contribution in [0, 0.1) is 10.1 Å². The summed E-state index contributed by atoms with van der Waals surface area (Å²) in [4.78, 5) is 10.0. The highest BCUT2D eigenvalue weighted by Gasteiger charge is 2.21. The van der Waals surface area contributed by atoms with Gasteiger partial charge in [0, 0.05) is 6.07 Å². The number of nitrogens with two attached hydrogens (primary N) is 1. The molecule has 5 nitrogen and oxygen atoms in total. The molecule has 1 atom stereocenters. The summed E-state index contributed by atoms with van der Waals surface area (Å²) in [6.45, 7) is -0.384. The molecule has 0 unspecified atom stereocenters. The van der Waals surface area contributed by atoms with Crippen LogP contribution in [0.4, 0.5) is 5.69 Å². The first kappa shape index (κ1) is 10.9. The number of nitro groups is 1. The molecule has 0 fully saturated rings. The predicted octanol–water partition coefficient (Wildman–Crippen LogP) is 1.24. The van der Waals surface area contributed by atoms with Gasteiger partial charge in [-0.15, -0.1) is 0 Å². The van der Waals surface area contributed by atoms with E-state index in [4.69, 9.17) is 22.4 Å². The van der Waals surface area contributed by atoms with Crippen molar-refractivity contribution < 1.29 is 10.0 Å². The van der Waals surface area contributed by atoms with Crippen molar-refractivity contribution in [3.63, 3.8) is 0 Å². The van der Waals surface area contributed by atoms with Gasteiger partial charge in [0.25, 0.3) is 5.69 Å². The molecule has 0 aliphatic rings. The standard InChI is InChI=1S/C8H9ClN2O3/c9-5-2-1-3-7(11(13)14)8(5)6(10)4-12/h1-3,6,12H,4,10H2/t6-/m0/s1. The lowest BCUT2D eigenvalue weighted by Gasteiger charge is -2.10. The molecule has 1 rings (SSSR count). The van der Waals surface area contributed by atoms with Gasteiger partial charge in [0.05, 0.1) is 28.2 Å². The first-order valence-electron chi connectivity index (χ1n) is 3.87. The number of nitrogens with zero attached hydrogens (tertiary/aromatic N) is 1. The lowest BCUT2D eigenvalue weighted by Crippen LogP contribution is -2.16. The van der Waals surface area contributed by atoms with E-state index in [0.29, 0.717) is 0 Å². The largest absolute Gasteiger partial charge is 0.394 e. The molecule has 6 heteroatoms. The fourth-order valence-corrected chi connectivity index (χ4v) is 1.45. The van der Waals surface area contributed by atoms with E-state index in [2.05, 4.69) is 0 Å². The molecule has 0 aliphatic carbocycles. The van der Waals surface area contributed by atoms with E-state index in [1.54, 1.807) is 0 Å². The Bertz CT molecular complexity index is 356. The van der Waals surface area contributed by atoms with Gasteiger partial charge in [-0.3, -0.25) is 10.1 Å². The first-order chi connectivity index (χ1) is 6.57. The van der Waals surface area contributed by atoms with Crippen LogP contribution >= 0.6 is 11.6 Å². The van der Waals surface area contributed by atoms with E-state index in [0.717, 1.165) is 0 Å². The minimum atomic E-state index is -0.830. The van der Waals surface area contributed by atoms with Crippen molar-refractivity contribution in [3.8, 4) is 0 Å². The molecule has 0 saturated heterocycles. The number of nitro benzene ring substituents is 1. The normalized spacial score (nSPS) is 12.5. The van der Waals surface area contributed by atoms with Gasteiger partial charge in [-0.2, -0.15) is 0 Å². The Balaban J connectivity index is 3.29. The van der Waals surface area contributed by atoms with Crippen molar-refractivity contribution in [2.24, 2.45) is 5.73 Å². The van der Waals surface area contributed by atoms with Gasteiger partial charge in [0.15, 0.2) is 0 Å². The molecule has 3 N–H and O–H groups in total. The topological polar surface area (TPSA) is 89.4 Å². The molecule has 0 aromatic heterocycles. The number of benzene rings is 1. The second-order valence-electron chi connectivity index (χ2n) is 2.72. The zero-order valence-electron chi connectivity index (χ0n) is 7.18. The van der Waals surface area contributed by atoms with Crippen LogP contribution in [0.3, 0.4) is 0 Å². The van der Waals surface area contributed by atoms with Crippen LogP contribution in [-0.2, 0) is 0 Å². The summed E-state index contributed by atoms with van der Waals surface area (Å²) in [7, 11) is 0. The maximum absolute atomic E-state index is 10.6. The van der Waals surface area contributed by atoms with E-state index >= 15 is 0 Å². The lowest BCUT2D eigenvalue weighted by molar-refractivity contribution is -0.385. The number of hydrogen-bond acceptors (Lipinski definition) is 4. The van der Waals surface area contributed by atoms with Crippen LogP contribution in [-0.4, -0.2) is 16.6 Å². The first-order valence-corrected chi connectivity index (χ1v) is 4.25. The Morgan fingerprint density at radius 2 is 2.29 bits per heavy atom. The second-order valence-corrected chi connectivity index (χ2v) is 3.13. The Kier molecular flexibility index (Phi) is 3.40. The minimum absolute atomic E-state index is 0.168. The maximum Gasteiger partial charge on any atom is 0.275 e. The van der Waals surface area contributed by atoms with Gasteiger partial charge in [-0.1, -0.05) is 17.7 Å². The van der Waals surface area contributed by atoms with Crippen LogP contribution in [0.2, 0.25) is 5.02 Å². The smallest absolute Gasteiger partial charge is 0.275 e. The number of aliphatic hydroxyl groups is 1. The van der Waals surface area contributed by atoms with E-state index in [1.807, 2.05) is 0 Å². The molecular formula is C8H9ClN2O3. The van der Waals surface area contributed by atoms with Gasteiger partial charge in [0.2, 0.25) is 0 Å². The van der Waals surface area contributed by atoms with Crippen molar-refractivity contribution in [2.45, 2.75) is 6.04 Å². The summed E-state index contributed by atoms with van der Waals surface area (Å²) < 4.78 is 0. The monoisotopic (exact) mass is 216 g/mol. The highest BCUT2D eigenvalue weighted by Crippen LogP contribution is 2.30. The maximum atomic E-state index is 10.6. The van der Waals surface area contributed by atoms with Crippen molar-refractivity contribution in [1.82, 2.24) is 0 Å². The average molecular weight is 217 g/mol. The van der Waals surface area contributed by atoms with E-state index in [9.17, 15) is 10.1 Å². The molecule has 76 valence electrons. The molecule has 1 aromatic rings. The summed E-state index contributed by atoms with van der Waals surface area (Å²) in [6, 6.07) is 3.44. The molecule has 0 spiro atoms. The van der Waals surface area contributed by atoms with Crippen LogP contribution in [0.25, 0.3) is 0 Å². The Hall–Kier alpha value is -1.17. The quantitative estimate of drug-likeness (QED) is 0.588. The zero-order valence-corrected chi connectivity index (χ0v) is 7.94. The molecule has 0 aliphatic heterocycles. The van der Waals surface area contributed by atoms with Gasteiger partial charge in [-0.25, -0.2) is 0 Å². The van der Waals surface area contributed by atoms with Crippen LogP contribution in [0.15, 0.2) is 18.2 Å². The summed E-state index contributed by atoms with van der Waals surface area (Å²) in [6.07, 6.45) is 0. The predicted molar refractivity (Wildman–Crippen MR) is 52.1 cm³/mol. The SMILES string of the molecule is N[C@@H](CO)c1c(Cl)cccc1[N+](=O)[O-]. The van der Waals surface area contributed by atoms with E-state index in [-0.39, 0.29) is 22.9 Å². The minimum Gasteiger partial charge on any atom is -0.394 e. The zero-order chi connectivity index (χ0) is 10.7. The third kappa shape index (κ3) is 2.01.